The van der Waals surface area contributed by atoms with E-state index in [1.807, 2.05) is 24.3 Å². The van der Waals surface area contributed by atoms with Crippen molar-refractivity contribution in [3.63, 3.8) is 0 Å². The lowest BCUT2D eigenvalue weighted by molar-refractivity contribution is -0.132. The third-order valence-electron chi connectivity index (χ3n) is 7.48. The molecule has 2 heterocycles. The zero-order valence-electron chi connectivity index (χ0n) is 22.1. The molecular formula is C30H33ClN6O2. The number of benzene rings is 2. The summed E-state index contributed by atoms with van der Waals surface area (Å²) in [5, 5.41) is 24.8. The maximum absolute atomic E-state index is 12.2. The van der Waals surface area contributed by atoms with Crippen LogP contribution in [0.15, 0.2) is 54.1 Å². The predicted molar refractivity (Wildman–Crippen MR) is 152 cm³/mol. The van der Waals surface area contributed by atoms with Crippen molar-refractivity contribution in [2.45, 2.75) is 64.8 Å². The Morgan fingerprint density at radius 1 is 1.13 bits per heavy atom. The van der Waals surface area contributed by atoms with Crippen LogP contribution < -0.4 is 0 Å². The van der Waals surface area contributed by atoms with Crippen LogP contribution in [0.4, 0.5) is 0 Å². The first-order valence-electron chi connectivity index (χ1n) is 13.6. The maximum atomic E-state index is 12.2. The Morgan fingerprint density at radius 2 is 1.87 bits per heavy atom. The molecule has 4 aromatic rings. The van der Waals surface area contributed by atoms with Crippen LogP contribution in [0.25, 0.3) is 28.6 Å². The van der Waals surface area contributed by atoms with Gasteiger partial charge in [0.25, 0.3) is 0 Å². The number of H-pyrrole nitrogens is 1. The molecule has 2 N–H and O–H groups in total. The molecule has 39 heavy (non-hydrogen) atoms. The van der Waals surface area contributed by atoms with Gasteiger partial charge in [0.2, 0.25) is 5.82 Å². The van der Waals surface area contributed by atoms with Gasteiger partial charge in [0.15, 0.2) is 5.15 Å². The van der Waals surface area contributed by atoms with E-state index in [9.17, 15) is 9.90 Å². The van der Waals surface area contributed by atoms with Gasteiger partial charge in [-0.2, -0.15) is 5.21 Å². The molecule has 2 aromatic carbocycles. The molecule has 1 aliphatic rings. The number of aliphatic carboxylic acids is 1. The van der Waals surface area contributed by atoms with E-state index in [0.717, 1.165) is 60.2 Å². The van der Waals surface area contributed by atoms with E-state index in [1.165, 1.54) is 12.8 Å². The SMILES string of the molecule is CCCCc1nc(Cl)c(/C=C(\CC2CCCC2)C(=O)O)n1Cc1ccc(-c2ccccc2-c2nn[nH]n2)cc1. The highest BCUT2D eigenvalue weighted by molar-refractivity contribution is 6.30. The van der Waals surface area contributed by atoms with Gasteiger partial charge >= 0.3 is 5.97 Å². The summed E-state index contributed by atoms with van der Waals surface area (Å²) in [4.78, 5) is 16.8. The molecule has 0 atom stereocenters. The average Bonchev–Trinajstić information content (AvgIpc) is 3.72. The summed E-state index contributed by atoms with van der Waals surface area (Å²) < 4.78 is 2.08. The van der Waals surface area contributed by atoms with Crippen LogP contribution in [-0.4, -0.2) is 41.3 Å². The van der Waals surface area contributed by atoms with Crippen molar-refractivity contribution in [2.24, 2.45) is 5.92 Å². The minimum absolute atomic E-state index is 0.358. The first-order valence-corrected chi connectivity index (χ1v) is 14.0. The predicted octanol–water partition coefficient (Wildman–Crippen LogP) is 6.82. The fourth-order valence-electron chi connectivity index (χ4n) is 5.40. The summed E-state index contributed by atoms with van der Waals surface area (Å²) in [5.41, 5.74) is 5.11. The summed E-state index contributed by atoms with van der Waals surface area (Å²) in [6.07, 6.45) is 9.63. The van der Waals surface area contributed by atoms with E-state index in [2.05, 4.69) is 61.4 Å². The number of unbranched alkanes of at least 4 members (excludes halogenated alkanes) is 1. The number of hydrogen-bond acceptors (Lipinski definition) is 5. The van der Waals surface area contributed by atoms with Gasteiger partial charge in [-0.05, 0) is 46.7 Å². The summed E-state index contributed by atoms with van der Waals surface area (Å²) in [7, 11) is 0. The second kappa shape index (κ2) is 12.4. The molecule has 8 nitrogen and oxygen atoms in total. The van der Waals surface area contributed by atoms with E-state index in [0.29, 0.717) is 41.1 Å². The number of aromatic nitrogens is 6. The lowest BCUT2D eigenvalue weighted by Gasteiger charge is -2.14. The van der Waals surface area contributed by atoms with Gasteiger partial charge in [-0.3, -0.25) is 0 Å². The molecule has 1 aliphatic carbocycles. The highest BCUT2D eigenvalue weighted by atomic mass is 35.5. The maximum Gasteiger partial charge on any atom is 0.331 e. The minimum Gasteiger partial charge on any atom is -0.478 e. The second-order valence-electron chi connectivity index (χ2n) is 10.2. The summed E-state index contributed by atoms with van der Waals surface area (Å²) >= 11 is 6.64. The highest BCUT2D eigenvalue weighted by Crippen LogP contribution is 2.33. The Bertz CT molecular complexity index is 1440. The molecule has 0 bridgehead atoms. The topological polar surface area (TPSA) is 110 Å². The molecule has 0 unspecified atom stereocenters. The lowest BCUT2D eigenvalue weighted by atomic mass is 9.97. The van der Waals surface area contributed by atoms with Crippen molar-refractivity contribution in [3.05, 3.63) is 76.3 Å². The fourth-order valence-corrected chi connectivity index (χ4v) is 5.65. The third kappa shape index (κ3) is 6.28. The number of aryl methyl sites for hydroxylation is 1. The van der Waals surface area contributed by atoms with Crippen LogP contribution >= 0.6 is 11.6 Å². The van der Waals surface area contributed by atoms with Gasteiger partial charge in [-0.15, -0.1) is 10.2 Å². The normalized spacial score (nSPS) is 14.3. The van der Waals surface area contributed by atoms with Crippen molar-refractivity contribution in [1.29, 1.82) is 0 Å². The lowest BCUT2D eigenvalue weighted by Crippen LogP contribution is -2.10. The number of hydrogen-bond donors (Lipinski definition) is 2. The number of rotatable bonds is 11. The zero-order valence-corrected chi connectivity index (χ0v) is 22.9. The van der Waals surface area contributed by atoms with Crippen molar-refractivity contribution in [3.8, 4) is 22.5 Å². The van der Waals surface area contributed by atoms with Crippen LogP contribution in [-0.2, 0) is 17.8 Å². The van der Waals surface area contributed by atoms with Gasteiger partial charge in [-0.25, -0.2) is 9.78 Å². The van der Waals surface area contributed by atoms with Crippen LogP contribution in [0.5, 0.6) is 0 Å². The first-order chi connectivity index (χ1) is 19.0. The van der Waals surface area contributed by atoms with E-state index < -0.39 is 5.97 Å². The van der Waals surface area contributed by atoms with E-state index in [4.69, 9.17) is 11.6 Å². The van der Waals surface area contributed by atoms with Crippen molar-refractivity contribution in [2.75, 3.05) is 0 Å². The molecule has 1 fully saturated rings. The largest absolute Gasteiger partial charge is 0.478 e. The Morgan fingerprint density at radius 3 is 2.54 bits per heavy atom. The van der Waals surface area contributed by atoms with Gasteiger partial charge in [0, 0.05) is 24.1 Å². The highest BCUT2D eigenvalue weighted by Gasteiger charge is 2.22. The molecule has 0 saturated heterocycles. The number of aromatic amines is 1. The van der Waals surface area contributed by atoms with Crippen LogP contribution in [0, 0.1) is 5.92 Å². The van der Waals surface area contributed by atoms with E-state index in [1.54, 1.807) is 6.08 Å². The second-order valence-corrected chi connectivity index (χ2v) is 10.6. The molecule has 5 rings (SSSR count). The Balaban J connectivity index is 1.46. The number of halogens is 1. The number of carbonyl (C=O) groups is 1. The summed E-state index contributed by atoms with van der Waals surface area (Å²) in [6, 6.07) is 16.3. The van der Waals surface area contributed by atoms with E-state index >= 15 is 0 Å². The summed E-state index contributed by atoms with van der Waals surface area (Å²) in [6.45, 7) is 2.69. The number of tetrazole rings is 1. The fraction of sp³-hybridized carbons (Fsp3) is 0.367. The van der Waals surface area contributed by atoms with Gasteiger partial charge < -0.3 is 9.67 Å². The number of imidazole rings is 1. The standard InChI is InChI=1S/C30H33ClN6O2/c1-2-3-12-27-32-28(31)26(18-23(30(38)39)17-20-8-4-5-9-20)37(27)19-21-13-15-22(16-14-21)24-10-6-7-11-25(24)29-33-35-36-34-29/h6-7,10-11,13-16,18,20H,2-5,8-9,12,17,19H2,1H3,(H,38,39)(H,33,34,35,36)/b23-18+. The molecule has 0 spiro atoms. The zero-order chi connectivity index (χ0) is 27.2. The molecular weight excluding hydrogens is 512 g/mol. The minimum atomic E-state index is -0.884. The van der Waals surface area contributed by atoms with Crippen LogP contribution in [0.3, 0.4) is 0 Å². The summed E-state index contributed by atoms with van der Waals surface area (Å²) in [5.74, 6) is 0.965. The number of carboxylic acids is 1. The van der Waals surface area contributed by atoms with Gasteiger partial charge in [0.05, 0.1) is 5.69 Å². The van der Waals surface area contributed by atoms with Crippen molar-refractivity contribution >= 4 is 23.6 Å². The molecule has 1 saturated carbocycles. The van der Waals surface area contributed by atoms with Crippen LogP contribution in [0.2, 0.25) is 5.15 Å². The smallest absolute Gasteiger partial charge is 0.331 e. The number of carboxylic acid groups (broad SMARTS) is 1. The molecule has 9 heteroatoms. The van der Waals surface area contributed by atoms with Gasteiger partial charge in [-0.1, -0.05) is 99.2 Å². The molecule has 0 radical (unpaired) electrons. The Labute approximate surface area is 233 Å². The third-order valence-corrected chi connectivity index (χ3v) is 7.76. The Hall–Kier alpha value is -3.78. The molecule has 2 aromatic heterocycles. The van der Waals surface area contributed by atoms with Crippen molar-refractivity contribution in [1.82, 2.24) is 30.2 Å². The Kier molecular flexibility index (Phi) is 8.51. The van der Waals surface area contributed by atoms with Crippen LogP contribution in [0.1, 0.15) is 69.0 Å². The van der Waals surface area contributed by atoms with E-state index in [-0.39, 0.29) is 0 Å². The molecule has 0 aliphatic heterocycles. The number of nitrogens with zero attached hydrogens (tertiary/aromatic N) is 5. The first kappa shape index (κ1) is 26.8. The average molecular weight is 545 g/mol. The van der Waals surface area contributed by atoms with Crippen molar-refractivity contribution < 1.29 is 9.90 Å². The number of nitrogens with one attached hydrogen (secondary N) is 1. The van der Waals surface area contributed by atoms with Gasteiger partial charge in [0.1, 0.15) is 5.82 Å². The monoisotopic (exact) mass is 544 g/mol. The molecule has 202 valence electrons. The quantitative estimate of drug-likeness (QED) is 0.200. The molecule has 0 amide bonds.